The molecule has 3 heteroatoms. The van der Waals surface area contributed by atoms with Crippen molar-refractivity contribution in [1.82, 2.24) is 0 Å². The monoisotopic (exact) mass is 158 g/mol. The van der Waals surface area contributed by atoms with Crippen LogP contribution < -0.4 is 0 Å². The van der Waals surface area contributed by atoms with Crippen molar-refractivity contribution in [3.63, 3.8) is 0 Å². The molecule has 0 N–H and O–H groups in total. The van der Waals surface area contributed by atoms with Gasteiger partial charge in [-0.2, -0.15) is 0 Å². The quantitative estimate of drug-likeness (QED) is 0.560. The van der Waals surface area contributed by atoms with Crippen molar-refractivity contribution in [1.29, 1.82) is 0 Å². The van der Waals surface area contributed by atoms with E-state index < -0.39 is 0 Å². The molecule has 0 saturated carbocycles. The van der Waals surface area contributed by atoms with Crippen molar-refractivity contribution < 1.29 is 14.2 Å². The van der Waals surface area contributed by atoms with E-state index in [2.05, 4.69) is 0 Å². The Kier molecular flexibility index (Phi) is 3.39. The van der Waals surface area contributed by atoms with Crippen molar-refractivity contribution in [2.75, 3.05) is 26.9 Å². The summed E-state index contributed by atoms with van der Waals surface area (Å²) in [5.74, 6) is 0. The summed E-state index contributed by atoms with van der Waals surface area (Å²) in [6.07, 6.45) is 1.78. The molecule has 0 amide bonds. The Morgan fingerprint density at radius 1 is 1.55 bits per heavy atom. The van der Waals surface area contributed by atoms with Gasteiger partial charge >= 0.3 is 0 Å². The zero-order valence-corrected chi connectivity index (χ0v) is 7.00. The molecule has 0 spiro atoms. The highest BCUT2D eigenvalue weighted by Gasteiger charge is 2.15. The van der Waals surface area contributed by atoms with Crippen LogP contribution in [0.25, 0.3) is 0 Å². The maximum atomic E-state index is 5.42. The van der Waals surface area contributed by atoms with E-state index >= 15 is 0 Å². The minimum Gasteiger partial charge on any atom is -0.504 e. The summed E-state index contributed by atoms with van der Waals surface area (Å²) in [6, 6.07) is 0. The minimum atomic E-state index is 0.0868. The zero-order chi connectivity index (χ0) is 8.10. The second-order valence-electron chi connectivity index (χ2n) is 2.53. The predicted molar refractivity (Wildman–Crippen MR) is 41.3 cm³/mol. The lowest BCUT2D eigenvalue weighted by molar-refractivity contribution is -0.0729. The van der Waals surface area contributed by atoms with Gasteiger partial charge in [0.15, 0.2) is 0 Å². The van der Waals surface area contributed by atoms with E-state index in [1.54, 1.807) is 13.4 Å². The van der Waals surface area contributed by atoms with Crippen molar-refractivity contribution in [2.24, 2.45) is 0 Å². The van der Waals surface area contributed by atoms with Gasteiger partial charge in [0.1, 0.15) is 6.10 Å². The van der Waals surface area contributed by atoms with Gasteiger partial charge in [0.25, 0.3) is 0 Å². The average Bonchev–Trinajstić information content (AvgIpc) is 2.07. The van der Waals surface area contributed by atoms with Gasteiger partial charge in [0.05, 0.1) is 33.2 Å². The largest absolute Gasteiger partial charge is 0.504 e. The number of hydrogen-bond acceptors (Lipinski definition) is 3. The van der Waals surface area contributed by atoms with Gasteiger partial charge < -0.3 is 14.2 Å². The van der Waals surface area contributed by atoms with Crippen LogP contribution in [0, 0.1) is 0 Å². The zero-order valence-electron chi connectivity index (χ0n) is 7.00. The Hall–Kier alpha value is -0.540. The van der Waals surface area contributed by atoms with E-state index in [9.17, 15) is 0 Å². The lowest BCUT2D eigenvalue weighted by Gasteiger charge is -2.23. The van der Waals surface area contributed by atoms with Crippen LogP contribution in [0.2, 0.25) is 0 Å². The molecule has 0 aromatic carbocycles. The van der Waals surface area contributed by atoms with Crippen LogP contribution >= 0.6 is 0 Å². The van der Waals surface area contributed by atoms with Crippen LogP contribution in [0.4, 0.5) is 0 Å². The van der Waals surface area contributed by atoms with E-state index in [0.29, 0.717) is 19.8 Å². The van der Waals surface area contributed by atoms with E-state index in [-0.39, 0.29) is 6.10 Å². The van der Waals surface area contributed by atoms with Crippen molar-refractivity contribution in [3.8, 4) is 0 Å². The first-order valence-corrected chi connectivity index (χ1v) is 3.73. The molecule has 0 radical (unpaired) electrons. The summed E-state index contributed by atoms with van der Waals surface area (Å²) in [4.78, 5) is 0. The first-order valence-electron chi connectivity index (χ1n) is 3.73. The van der Waals surface area contributed by atoms with Gasteiger partial charge in [-0.25, -0.2) is 0 Å². The standard InChI is InChI=1S/C8H14O3/c1-7(5-9-2)8-6-10-3-4-11-8/h5,8H,3-4,6H2,1-2H3/b7-5+. The number of hydrogen-bond donors (Lipinski definition) is 0. The van der Waals surface area contributed by atoms with Gasteiger partial charge in [0.2, 0.25) is 0 Å². The minimum absolute atomic E-state index is 0.0868. The van der Waals surface area contributed by atoms with Crippen LogP contribution in [-0.4, -0.2) is 33.0 Å². The van der Waals surface area contributed by atoms with Gasteiger partial charge in [-0.15, -0.1) is 0 Å². The molecule has 0 bridgehead atoms. The van der Waals surface area contributed by atoms with Gasteiger partial charge in [-0.3, -0.25) is 0 Å². The lowest BCUT2D eigenvalue weighted by Crippen LogP contribution is -2.29. The highest BCUT2D eigenvalue weighted by molar-refractivity contribution is 5.02. The maximum Gasteiger partial charge on any atom is 0.105 e. The lowest BCUT2D eigenvalue weighted by atomic mass is 10.2. The molecule has 0 aliphatic carbocycles. The van der Waals surface area contributed by atoms with E-state index in [4.69, 9.17) is 14.2 Å². The third kappa shape index (κ3) is 2.52. The molecule has 1 unspecified atom stereocenters. The maximum absolute atomic E-state index is 5.42. The Bertz CT molecular complexity index is 136. The molecular weight excluding hydrogens is 144 g/mol. The number of ether oxygens (including phenoxy) is 3. The summed E-state index contributed by atoms with van der Waals surface area (Å²) in [5.41, 5.74) is 1.08. The fraction of sp³-hybridized carbons (Fsp3) is 0.750. The second-order valence-corrected chi connectivity index (χ2v) is 2.53. The summed E-state index contributed by atoms with van der Waals surface area (Å²) in [5, 5.41) is 0. The molecule has 1 heterocycles. The molecular formula is C8H14O3. The molecule has 0 aromatic rings. The summed E-state index contributed by atoms with van der Waals surface area (Å²) in [6.45, 7) is 4.00. The Morgan fingerprint density at radius 3 is 2.91 bits per heavy atom. The molecule has 3 nitrogen and oxygen atoms in total. The Morgan fingerprint density at radius 2 is 2.36 bits per heavy atom. The molecule has 1 atom stereocenters. The number of rotatable bonds is 2. The molecule has 1 rings (SSSR count). The normalized spacial score (nSPS) is 26.7. The molecule has 0 aromatic heterocycles. The third-order valence-electron chi connectivity index (χ3n) is 1.63. The molecule has 1 saturated heterocycles. The Balaban J connectivity index is 2.38. The van der Waals surface area contributed by atoms with E-state index in [1.807, 2.05) is 6.92 Å². The molecule has 1 fully saturated rings. The topological polar surface area (TPSA) is 27.7 Å². The third-order valence-corrected chi connectivity index (χ3v) is 1.63. The first-order chi connectivity index (χ1) is 5.34. The Labute approximate surface area is 66.9 Å². The fourth-order valence-electron chi connectivity index (χ4n) is 1.01. The van der Waals surface area contributed by atoms with Crippen LogP contribution in [0.5, 0.6) is 0 Å². The van der Waals surface area contributed by atoms with Crippen molar-refractivity contribution in [3.05, 3.63) is 11.8 Å². The van der Waals surface area contributed by atoms with Crippen molar-refractivity contribution >= 4 is 0 Å². The first kappa shape index (κ1) is 8.56. The smallest absolute Gasteiger partial charge is 0.105 e. The van der Waals surface area contributed by atoms with E-state index in [0.717, 1.165) is 5.57 Å². The summed E-state index contributed by atoms with van der Waals surface area (Å²) >= 11 is 0. The number of methoxy groups -OCH3 is 1. The molecule has 1 aliphatic heterocycles. The van der Waals surface area contributed by atoms with Crippen LogP contribution in [0.15, 0.2) is 11.8 Å². The average molecular weight is 158 g/mol. The van der Waals surface area contributed by atoms with Crippen LogP contribution in [0.1, 0.15) is 6.92 Å². The van der Waals surface area contributed by atoms with Crippen LogP contribution in [0.3, 0.4) is 0 Å². The van der Waals surface area contributed by atoms with Crippen LogP contribution in [-0.2, 0) is 14.2 Å². The fourth-order valence-corrected chi connectivity index (χ4v) is 1.01. The van der Waals surface area contributed by atoms with Crippen molar-refractivity contribution in [2.45, 2.75) is 13.0 Å². The van der Waals surface area contributed by atoms with Gasteiger partial charge in [-0.1, -0.05) is 0 Å². The van der Waals surface area contributed by atoms with E-state index in [1.165, 1.54) is 0 Å². The predicted octanol–water partition coefficient (Wildman–Crippen LogP) is 0.952. The summed E-state index contributed by atoms with van der Waals surface area (Å²) in [7, 11) is 1.63. The molecule has 64 valence electrons. The second kappa shape index (κ2) is 4.36. The molecule has 11 heavy (non-hydrogen) atoms. The molecule has 1 aliphatic rings. The SMILES string of the molecule is CO/C=C(\C)C1COCCO1. The summed E-state index contributed by atoms with van der Waals surface area (Å²) < 4.78 is 15.5. The van der Waals surface area contributed by atoms with Gasteiger partial charge in [0, 0.05) is 0 Å². The highest BCUT2D eigenvalue weighted by Crippen LogP contribution is 2.10. The van der Waals surface area contributed by atoms with Gasteiger partial charge in [-0.05, 0) is 12.5 Å². The highest BCUT2D eigenvalue weighted by atomic mass is 16.6.